The quantitative estimate of drug-likeness (QED) is 0.740. The van der Waals surface area contributed by atoms with E-state index in [2.05, 4.69) is 0 Å². The minimum atomic E-state index is -3.01. The lowest BCUT2D eigenvalue weighted by molar-refractivity contribution is -0.255. The Morgan fingerprint density at radius 3 is 2.53 bits per heavy atom. The molecule has 1 spiro atoms. The summed E-state index contributed by atoms with van der Waals surface area (Å²) >= 11 is 0. The minimum absolute atomic E-state index is 0.0528. The van der Waals surface area contributed by atoms with Gasteiger partial charge in [0.1, 0.15) is 6.10 Å². The molecule has 6 heteroatoms. The van der Waals surface area contributed by atoms with E-state index < -0.39 is 24.4 Å². The molecule has 2 rings (SSSR count). The smallest absolute Gasteiger partial charge is 0.285 e. The normalized spacial score (nSPS) is 31.0. The molecule has 2 fully saturated rings. The molecule has 2 N–H and O–H groups in total. The van der Waals surface area contributed by atoms with Crippen LogP contribution >= 0.6 is 0 Å². The zero-order valence-corrected chi connectivity index (χ0v) is 8.38. The summed E-state index contributed by atoms with van der Waals surface area (Å²) in [5.41, 5.74) is 5.01. The molecule has 15 heavy (non-hydrogen) atoms. The second-order valence-corrected chi connectivity index (χ2v) is 3.89. The molecule has 88 valence electrons. The van der Waals surface area contributed by atoms with Crippen LogP contribution in [0.4, 0.5) is 8.78 Å². The first-order valence-corrected chi connectivity index (χ1v) is 5.05. The molecule has 1 unspecified atom stereocenters. The summed E-state index contributed by atoms with van der Waals surface area (Å²) in [7, 11) is 0. The molecule has 0 saturated carbocycles. The number of ether oxygens (including phenoxy) is 3. The molecule has 0 aromatic heterocycles. The van der Waals surface area contributed by atoms with Crippen LogP contribution in [0.15, 0.2) is 0 Å². The van der Waals surface area contributed by atoms with Crippen LogP contribution in [0.5, 0.6) is 0 Å². The number of nitrogens with two attached hydrogens (primary N) is 1. The van der Waals surface area contributed by atoms with Crippen LogP contribution in [0, 0.1) is 0 Å². The lowest BCUT2D eigenvalue weighted by atomic mass is 9.97. The Morgan fingerprint density at radius 1 is 1.27 bits per heavy atom. The molecule has 0 bridgehead atoms. The summed E-state index contributed by atoms with van der Waals surface area (Å²) in [4.78, 5) is 0. The van der Waals surface area contributed by atoms with Crippen LogP contribution in [0.1, 0.15) is 12.8 Å². The molecule has 0 aromatic carbocycles. The number of hydrogen-bond donors (Lipinski definition) is 1. The lowest BCUT2D eigenvalue weighted by Crippen LogP contribution is -2.51. The maximum atomic E-state index is 13.3. The van der Waals surface area contributed by atoms with Crippen molar-refractivity contribution in [1.82, 2.24) is 0 Å². The van der Waals surface area contributed by atoms with Gasteiger partial charge in [-0.05, 0) is 0 Å². The summed E-state index contributed by atoms with van der Waals surface area (Å²) in [5, 5.41) is 0. The Balaban J connectivity index is 2.03. The van der Waals surface area contributed by atoms with Gasteiger partial charge in [0.15, 0.2) is 5.79 Å². The Bertz CT molecular complexity index is 231. The van der Waals surface area contributed by atoms with Gasteiger partial charge in [0, 0.05) is 12.8 Å². The van der Waals surface area contributed by atoms with Crippen molar-refractivity contribution in [2.75, 3.05) is 26.4 Å². The van der Waals surface area contributed by atoms with Crippen LogP contribution in [0.25, 0.3) is 0 Å². The summed E-state index contributed by atoms with van der Waals surface area (Å²) in [6.45, 7) is 0.426. The molecule has 2 heterocycles. The fourth-order valence-electron chi connectivity index (χ4n) is 1.96. The maximum Gasteiger partial charge on any atom is 0.285 e. The standard InChI is InChI=1S/C9H15F2NO3/c10-9(11,6-12)7-5-8(1-2-13-7)14-3-4-15-8/h7H,1-6,12H2. The van der Waals surface area contributed by atoms with E-state index in [0.29, 0.717) is 19.6 Å². The van der Waals surface area contributed by atoms with Gasteiger partial charge in [0.2, 0.25) is 0 Å². The Labute approximate surface area is 86.7 Å². The van der Waals surface area contributed by atoms with Gasteiger partial charge in [-0.1, -0.05) is 0 Å². The van der Waals surface area contributed by atoms with E-state index in [1.165, 1.54) is 0 Å². The van der Waals surface area contributed by atoms with Crippen molar-refractivity contribution in [2.45, 2.75) is 30.7 Å². The van der Waals surface area contributed by atoms with E-state index in [9.17, 15) is 8.78 Å². The fraction of sp³-hybridized carbons (Fsp3) is 1.00. The summed E-state index contributed by atoms with van der Waals surface area (Å²) < 4.78 is 42.4. The van der Waals surface area contributed by atoms with Crippen LogP contribution in [-0.2, 0) is 14.2 Å². The highest BCUT2D eigenvalue weighted by Crippen LogP contribution is 2.38. The van der Waals surface area contributed by atoms with Crippen LogP contribution < -0.4 is 5.73 Å². The molecule has 0 aliphatic carbocycles. The van der Waals surface area contributed by atoms with Crippen molar-refractivity contribution in [3.63, 3.8) is 0 Å². The van der Waals surface area contributed by atoms with Gasteiger partial charge < -0.3 is 19.9 Å². The molecular formula is C9H15F2NO3. The van der Waals surface area contributed by atoms with Crippen LogP contribution in [-0.4, -0.2) is 44.2 Å². The molecule has 2 aliphatic heterocycles. The van der Waals surface area contributed by atoms with Gasteiger partial charge in [0.05, 0.1) is 26.4 Å². The number of alkyl halides is 2. The van der Waals surface area contributed by atoms with Gasteiger partial charge in [0.25, 0.3) is 5.92 Å². The van der Waals surface area contributed by atoms with Gasteiger partial charge in [-0.25, -0.2) is 8.78 Å². The predicted molar refractivity (Wildman–Crippen MR) is 47.6 cm³/mol. The molecule has 2 saturated heterocycles. The zero-order chi connectivity index (χ0) is 10.9. The van der Waals surface area contributed by atoms with Crippen molar-refractivity contribution < 1.29 is 23.0 Å². The zero-order valence-electron chi connectivity index (χ0n) is 8.38. The Morgan fingerprint density at radius 2 is 1.93 bits per heavy atom. The first kappa shape index (κ1) is 11.2. The SMILES string of the molecule is NCC(F)(F)C1CC2(CCO1)OCCO2. The summed E-state index contributed by atoms with van der Waals surface area (Å²) in [6, 6.07) is 0. The van der Waals surface area contributed by atoms with Crippen LogP contribution in [0.2, 0.25) is 0 Å². The lowest BCUT2D eigenvalue weighted by Gasteiger charge is -2.38. The second kappa shape index (κ2) is 3.93. The number of hydrogen-bond acceptors (Lipinski definition) is 4. The number of halogens is 2. The second-order valence-electron chi connectivity index (χ2n) is 3.89. The minimum Gasteiger partial charge on any atom is -0.371 e. The maximum absolute atomic E-state index is 13.3. The molecule has 0 amide bonds. The third-order valence-corrected chi connectivity index (χ3v) is 2.86. The third kappa shape index (κ3) is 2.13. The van der Waals surface area contributed by atoms with Gasteiger partial charge in [-0.2, -0.15) is 0 Å². The van der Waals surface area contributed by atoms with E-state index in [0.717, 1.165) is 0 Å². The first-order chi connectivity index (χ1) is 7.08. The Hall–Kier alpha value is -0.300. The highest BCUT2D eigenvalue weighted by Gasteiger charge is 2.50. The predicted octanol–water partition coefficient (Wildman–Crippen LogP) is 0.502. The highest BCUT2D eigenvalue weighted by atomic mass is 19.3. The highest BCUT2D eigenvalue weighted by molar-refractivity contribution is 4.90. The summed E-state index contributed by atoms with van der Waals surface area (Å²) in [6.07, 6.45) is -0.643. The topological polar surface area (TPSA) is 53.7 Å². The molecular weight excluding hydrogens is 208 g/mol. The van der Waals surface area contributed by atoms with Gasteiger partial charge in [-0.3, -0.25) is 0 Å². The van der Waals surface area contributed by atoms with Crippen LogP contribution in [0.3, 0.4) is 0 Å². The van der Waals surface area contributed by atoms with Crippen molar-refractivity contribution in [3.8, 4) is 0 Å². The van der Waals surface area contributed by atoms with Gasteiger partial charge in [-0.15, -0.1) is 0 Å². The van der Waals surface area contributed by atoms with Gasteiger partial charge >= 0.3 is 0 Å². The monoisotopic (exact) mass is 223 g/mol. The van der Waals surface area contributed by atoms with Crippen molar-refractivity contribution in [2.24, 2.45) is 5.73 Å². The van der Waals surface area contributed by atoms with E-state index in [4.69, 9.17) is 19.9 Å². The third-order valence-electron chi connectivity index (χ3n) is 2.86. The van der Waals surface area contributed by atoms with E-state index in [-0.39, 0.29) is 13.0 Å². The van der Waals surface area contributed by atoms with Crippen molar-refractivity contribution >= 4 is 0 Å². The van der Waals surface area contributed by atoms with E-state index >= 15 is 0 Å². The average Bonchev–Trinajstić information content (AvgIpc) is 2.66. The molecule has 4 nitrogen and oxygen atoms in total. The molecule has 2 aliphatic rings. The molecule has 0 aromatic rings. The van der Waals surface area contributed by atoms with Crippen molar-refractivity contribution in [1.29, 1.82) is 0 Å². The van der Waals surface area contributed by atoms with Crippen molar-refractivity contribution in [3.05, 3.63) is 0 Å². The fourth-order valence-corrected chi connectivity index (χ4v) is 1.96. The molecule has 0 radical (unpaired) electrons. The summed E-state index contributed by atoms with van der Waals surface area (Å²) in [5.74, 6) is -3.87. The number of rotatable bonds is 2. The Kier molecular flexibility index (Phi) is 2.94. The molecule has 1 atom stereocenters. The largest absolute Gasteiger partial charge is 0.371 e. The first-order valence-electron chi connectivity index (χ1n) is 5.05. The average molecular weight is 223 g/mol. The van der Waals surface area contributed by atoms with E-state index in [1.807, 2.05) is 0 Å². The van der Waals surface area contributed by atoms with E-state index in [1.54, 1.807) is 0 Å².